The van der Waals surface area contributed by atoms with Crippen LogP contribution in [0, 0.1) is 0 Å². The third-order valence-electron chi connectivity index (χ3n) is 5.15. The highest BCUT2D eigenvalue weighted by atomic mass is 79.9. The van der Waals surface area contributed by atoms with E-state index in [4.69, 9.17) is 0 Å². The van der Waals surface area contributed by atoms with Crippen LogP contribution in [0.25, 0.3) is 10.9 Å². The van der Waals surface area contributed by atoms with Crippen LogP contribution in [0.4, 0.5) is 0 Å². The van der Waals surface area contributed by atoms with Gasteiger partial charge in [-0.25, -0.2) is 0 Å². The van der Waals surface area contributed by atoms with Crippen LogP contribution in [0.15, 0.2) is 34.9 Å². The standard InChI is InChI=1S/C18H23BrN4/c19-17-4-3-14(18-16(17)2-1-6-21-18)13-22-8-10-23(11-9-22)15-5-7-20-12-15/h1-4,6,15,20H,5,7-13H2. The summed E-state index contributed by atoms with van der Waals surface area (Å²) in [6, 6.07) is 9.27. The van der Waals surface area contributed by atoms with Gasteiger partial charge in [-0.15, -0.1) is 0 Å². The molecule has 0 bridgehead atoms. The van der Waals surface area contributed by atoms with Crippen molar-refractivity contribution < 1.29 is 0 Å². The van der Waals surface area contributed by atoms with Gasteiger partial charge in [-0.2, -0.15) is 0 Å². The van der Waals surface area contributed by atoms with Gasteiger partial charge >= 0.3 is 0 Å². The molecule has 2 fully saturated rings. The lowest BCUT2D eigenvalue weighted by molar-refractivity contribution is 0.0983. The number of halogens is 1. The number of hydrogen-bond acceptors (Lipinski definition) is 4. The summed E-state index contributed by atoms with van der Waals surface area (Å²) in [6.07, 6.45) is 3.20. The summed E-state index contributed by atoms with van der Waals surface area (Å²) in [5.74, 6) is 0. The summed E-state index contributed by atoms with van der Waals surface area (Å²) in [6.45, 7) is 8.03. The van der Waals surface area contributed by atoms with Gasteiger partial charge in [0.15, 0.2) is 0 Å². The summed E-state index contributed by atoms with van der Waals surface area (Å²) in [4.78, 5) is 9.84. The van der Waals surface area contributed by atoms with Crippen LogP contribution in [0.5, 0.6) is 0 Å². The van der Waals surface area contributed by atoms with Crippen LogP contribution >= 0.6 is 15.9 Å². The molecule has 4 rings (SSSR count). The third-order valence-corrected chi connectivity index (χ3v) is 5.84. The normalized spacial score (nSPS) is 23.6. The monoisotopic (exact) mass is 374 g/mol. The zero-order valence-electron chi connectivity index (χ0n) is 13.3. The predicted molar refractivity (Wildman–Crippen MR) is 97.6 cm³/mol. The van der Waals surface area contributed by atoms with E-state index in [-0.39, 0.29) is 0 Å². The van der Waals surface area contributed by atoms with Crippen LogP contribution in [0.3, 0.4) is 0 Å². The van der Waals surface area contributed by atoms with Crippen LogP contribution < -0.4 is 5.32 Å². The molecule has 23 heavy (non-hydrogen) atoms. The van der Waals surface area contributed by atoms with Crippen LogP contribution in [-0.2, 0) is 6.54 Å². The molecule has 1 aromatic carbocycles. The molecule has 0 aliphatic carbocycles. The first-order valence-electron chi connectivity index (χ1n) is 8.50. The molecule has 1 atom stereocenters. The number of hydrogen-bond donors (Lipinski definition) is 1. The Hall–Kier alpha value is -1.01. The molecule has 0 spiro atoms. The van der Waals surface area contributed by atoms with E-state index in [1.807, 2.05) is 12.3 Å². The number of pyridine rings is 1. The first kappa shape index (κ1) is 15.5. The van der Waals surface area contributed by atoms with Crippen molar-refractivity contribution in [1.82, 2.24) is 20.1 Å². The van der Waals surface area contributed by atoms with Gasteiger partial charge in [-0.05, 0) is 30.7 Å². The first-order chi connectivity index (χ1) is 11.3. The van der Waals surface area contributed by atoms with E-state index in [2.05, 4.69) is 54.2 Å². The predicted octanol–water partition coefficient (Wildman–Crippen LogP) is 2.48. The van der Waals surface area contributed by atoms with E-state index < -0.39 is 0 Å². The molecule has 122 valence electrons. The largest absolute Gasteiger partial charge is 0.315 e. The highest BCUT2D eigenvalue weighted by molar-refractivity contribution is 9.10. The summed E-state index contributed by atoms with van der Waals surface area (Å²) in [5, 5.41) is 4.69. The zero-order chi connectivity index (χ0) is 15.6. The second kappa shape index (κ2) is 6.85. The van der Waals surface area contributed by atoms with Crippen molar-refractivity contribution in [3.8, 4) is 0 Å². The van der Waals surface area contributed by atoms with Crippen molar-refractivity contribution in [3.05, 3.63) is 40.5 Å². The Balaban J connectivity index is 1.44. The minimum Gasteiger partial charge on any atom is -0.315 e. The van der Waals surface area contributed by atoms with Crippen molar-refractivity contribution in [2.45, 2.75) is 19.0 Å². The highest BCUT2D eigenvalue weighted by Crippen LogP contribution is 2.26. The molecule has 0 saturated carbocycles. The third kappa shape index (κ3) is 3.29. The maximum Gasteiger partial charge on any atom is 0.0758 e. The molecule has 5 heteroatoms. The maximum atomic E-state index is 4.61. The number of fused-ring (bicyclic) bond motifs is 1. The SMILES string of the molecule is Brc1ccc(CN2CCN(C3CCNC3)CC2)c2ncccc12. The maximum absolute atomic E-state index is 4.61. The average Bonchev–Trinajstić information content (AvgIpc) is 3.13. The lowest BCUT2D eigenvalue weighted by atomic mass is 10.1. The van der Waals surface area contributed by atoms with E-state index >= 15 is 0 Å². The molecular formula is C18H23BrN4. The first-order valence-corrected chi connectivity index (χ1v) is 9.30. The van der Waals surface area contributed by atoms with Crippen molar-refractivity contribution in [2.24, 2.45) is 0 Å². The summed E-state index contributed by atoms with van der Waals surface area (Å²) in [5.41, 5.74) is 2.46. The molecule has 2 aliphatic rings. The summed E-state index contributed by atoms with van der Waals surface area (Å²) >= 11 is 3.64. The highest BCUT2D eigenvalue weighted by Gasteiger charge is 2.26. The minimum absolute atomic E-state index is 0.757. The van der Waals surface area contributed by atoms with E-state index in [1.165, 1.54) is 43.5 Å². The quantitative estimate of drug-likeness (QED) is 0.893. The summed E-state index contributed by atoms with van der Waals surface area (Å²) < 4.78 is 1.13. The van der Waals surface area contributed by atoms with Gasteiger partial charge in [-0.3, -0.25) is 14.8 Å². The number of piperazine rings is 1. The molecule has 3 heterocycles. The van der Waals surface area contributed by atoms with E-state index in [1.54, 1.807) is 0 Å². The Morgan fingerprint density at radius 3 is 2.83 bits per heavy atom. The molecular weight excluding hydrogens is 352 g/mol. The molecule has 1 aromatic heterocycles. The number of rotatable bonds is 3. The average molecular weight is 375 g/mol. The van der Waals surface area contributed by atoms with Crippen LogP contribution in [0.2, 0.25) is 0 Å². The fourth-order valence-electron chi connectivity index (χ4n) is 3.80. The Bertz CT molecular complexity index is 676. The van der Waals surface area contributed by atoms with Gasteiger partial charge in [0.1, 0.15) is 0 Å². The van der Waals surface area contributed by atoms with Gasteiger partial charge in [0.25, 0.3) is 0 Å². The van der Waals surface area contributed by atoms with Gasteiger partial charge in [-0.1, -0.05) is 28.1 Å². The zero-order valence-corrected chi connectivity index (χ0v) is 14.9. The second-order valence-corrected chi connectivity index (χ2v) is 7.42. The molecule has 2 saturated heterocycles. The minimum atomic E-state index is 0.757. The fraction of sp³-hybridized carbons (Fsp3) is 0.500. The molecule has 1 N–H and O–H groups in total. The Morgan fingerprint density at radius 1 is 1.17 bits per heavy atom. The van der Waals surface area contributed by atoms with Crippen molar-refractivity contribution in [3.63, 3.8) is 0 Å². The van der Waals surface area contributed by atoms with Crippen molar-refractivity contribution >= 4 is 26.8 Å². The van der Waals surface area contributed by atoms with Gasteiger partial charge in [0.2, 0.25) is 0 Å². The molecule has 1 unspecified atom stereocenters. The smallest absolute Gasteiger partial charge is 0.0758 e. The lowest BCUT2D eigenvalue weighted by Gasteiger charge is -2.37. The van der Waals surface area contributed by atoms with Crippen molar-refractivity contribution in [1.29, 1.82) is 0 Å². The lowest BCUT2D eigenvalue weighted by Crippen LogP contribution is -2.50. The fourth-order valence-corrected chi connectivity index (χ4v) is 4.25. The van der Waals surface area contributed by atoms with Gasteiger partial charge < -0.3 is 5.32 Å². The van der Waals surface area contributed by atoms with Gasteiger partial charge in [0.05, 0.1) is 5.52 Å². The Morgan fingerprint density at radius 2 is 2.04 bits per heavy atom. The molecule has 2 aromatic rings. The number of aromatic nitrogens is 1. The van der Waals surface area contributed by atoms with Crippen molar-refractivity contribution in [2.75, 3.05) is 39.3 Å². The number of nitrogens with one attached hydrogen (secondary N) is 1. The summed E-state index contributed by atoms with van der Waals surface area (Å²) in [7, 11) is 0. The second-order valence-electron chi connectivity index (χ2n) is 6.56. The molecule has 0 radical (unpaired) electrons. The topological polar surface area (TPSA) is 31.4 Å². The number of benzene rings is 1. The molecule has 2 aliphatic heterocycles. The van der Waals surface area contributed by atoms with E-state index in [0.717, 1.165) is 35.7 Å². The Kier molecular flexibility index (Phi) is 4.62. The van der Waals surface area contributed by atoms with E-state index in [0.29, 0.717) is 0 Å². The molecule has 4 nitrogen and oxygen atoms in total. The van der Waals surface area contributed by atoms with Gasteiger partial charge in [0, 0.05) is 61.4 Å². The number of nitrogens with zero attached hydrogens (tertiary/aromatic N) is 3. The Labute approximate surface area is 146 Å². The van der Waals surface area contributed by atoms with Crippen LogP contribution in [-0.4, -0.2) is 60.1 Å². The molecule has 0 amide bonds. The van der Waals surface area contributed by atoms with E-state index in [9.17, 15) is 0 Å². The van der Waals surface area contributed by atoms with Crippen LogP contribution in [0.1, 0.15) is 12.0 Å².